The first-order valence-corrected chi connectivity index (χ1v) is 7.98. The number of hydrogen-bond acceptors (Lipinski definition) is 6. The van der Waals surface area contributed by atoms with Crippen LogP contribution in [0.4, 0.5) is 11.4 Å². The third-order valence-corrected chi connectivity index (χ3v) is 3.81. The monoisotopic (exact) mass is 363 g/mol. The van der Waals surface area contributed by atoms with E-state index in [0.29, 0.717) is 17.2 Å². The molecule has 8 nitrogen and oxygen atoms in total. The summed E-state index contributed by atoms with van der Waals surface area (Å²) in [7, 11) is 3.03. The second kappa shape index (κ2) is 7.93. The molecule has 0 aliphatic heterocycles. The van der Waals surface area contributed by atoms with E-state index in [-0.39, 0.29) is 5.57 Å². The van der Waals surface area contributed by atoms with E-state index in [4.69, 9.17) is 9.47 Å². The number of aromatic amines is 1. The molecule has 0 atom stereocenters. The van der Waals surface area contributed by atoms with Crippen LogP contribution in [0.5, 0.6) is 11.5 Å². The molecular formula is C19H17N5O3. The van der Waals surface area contributed by atoms with Crippen molar-refractivity contribution in [1.29, 1.82) is 5.26 Å². The van der Waals surface area contributed by atoms with Crippen molar-refractivity contribution in [1.82, 2.24) is 9.97 Å². The van der Waals surface area contributed by atoms with Crippen LogP contribution in [-0.2, 0) is 4.79 Å². The molecule has 0 radical (unpaired) electrons. The Morgan fingerprint density at radius 2 is 1.93 bits per heavy atom. The fourth-order valence-electron chi connectivity index (χ4n) is 2.44. The molecule has 0 saturated heterocycles. The molecule has 0 spiro atoms. The van der Waals surface area contributed by atoms with E-state index in [2.05, 4.69) is 20.6 Å². The molecule has 1 aromatic heterocycles. The van der Waals surface area contributed by atoms with Gasteiger partial charge in [0.1, 0.15) is 11.6 Å². The van der Waals surface area contributed by atoms with E-state index in [1.54, 1.807) is 30.6 Å². The number of hydrogen-bond donors (Lipinski definition) is 3. The number of nitrogens with zero attached hydrogens (tertiary/aromatic N) is 2. The standard InChI is InChI=1S/C19H17N5O3/c1-26-17-6-4-14(8-18(17)27-2)24-19(25)12(9-20)10-21-13-3-5-15-16(7-13)23-11-22-15/h3-8,10-11,21H,1-2H3,(H,22,23)(H,24,25)/b12-10-. The highest BCUT2D eigenvalue weighted by Crippen LogP contribution is 2.29. The molecular weight excluding hydrogens is 346 g/mol. The van der Waals surface area contributed by atoms with Crippen LogP contribution in [0, 0.1) is 11.3 Å². The largest absolute Gasteiger partial charge is 0.493 e. The summed E-state index contributed by atoms with van der Waals surface area (Å²) in [5.41, 5.74) is 2.81. The molecule has 0 bridgehead atoms. The lowest BCUT2D eigenvalue weighted by Gasteiger charge is -2.10. The Morgan fingerprint density at radius 3 is 2.67 bits per heavy atom. The van der Waals surface area contributed by atoms with Gasteiger partial charge in [-0.15, -0.1) is 0 Å². The Balaban J connectivity index is 1.73. The average molecular weight is 363 g/mol. The summed E-state index contributed by atoms with van der Waals surface area (Å²) in [6.45, 7) is 0. The quantitative estimate of drug-likeness (QED) is 0.458. The Labute approximate surface area is 155 Å². The Hall–Kier alpha value is -3.99. The van der Waals surface area contributed by atoms with Gasteiger partial charge in [-0.25, -0.2) is 4.98 Å². The lowest BCUT2D eigenvalue weighted by atomic mass is 10.2. The van der Waals surface area contributed by atoms with Crippen LogP contribution in [0.2, 0.25) is 0 Å². The molecule has 1 amide bonds. The number of methoxy groups -OCH3 is 2. The van der Waals surface area contributed by atoms with Gasteiger partial charge in [-0.05, 0) is 30.3 Å². The van der Waals surface area contributed by atoms with E-state index in [0.717, 1.165) is 16.7 Å². The van der Waals surface area contributed by atoms with Crippen molar-refractivity contribution >= 4 is 28.3 Å². The second-order valence-corrected chi connectivity index (χ2v) is 5.47. The SMILES string of the molecule is COc1ccc(NC(=O)/C(C#N)=C\Nc2ccc3nc[nH]c3c2)cc1OC. The van der Waals surface area contributed by atoms with Crippen molar-refractivity contribution in [3.8, 4) is 17.6 Å². The molecule has 27 heavy (non-hydrogen) atoms. The third-order valence-electron chi connectivity index (χ3n) is 3.81. The van der Waals surface area contributed by atoms with Gasteiger partial charge in [0.15, 0.2) is 11.5 Å². The summed E-state index contributed by atoms with van der Waals surface area (Å²) >= 11 is 0. The zero-order valence-electron chi connectivity index (χ0n) is 14.7. The van der Waals surface area contributed by atoms with Gasteiger partial charge in [-0.3, -0.25) is 4.79 Å². The van der Waals surface area contributed by atoms with Crippen LogP contribution in [0.1, 0.15) is 0 Å². The minimum Gasteiger partial charge on any atom is -0.493 e. The number of ether oxygens (including phenoxy) is 2. The Bertz CT molecular complexity index is 1050. The van der Waals surface area contributed by atoms with Gasteiger partial charge in [-0.1, -0.05) is 0 Å². The van der Waals surface area contributed by atoms with Crippen LogP contribution in [0.25, 0.3) is 11.0 Å². The number of carbonyl (C=O) groups is 1. The first-order chi connectivity index (χ1) is 13.1. The predicted octanol–water partition coefficient (Wildman–Crippen LogP) is 3.04. The number of rotatable bonds is 6. The molecule has 1 heterocycles. The number of nitrogens with one attached hydrogen (secondary N) is 3. The number of nitriles is 1. The highest BCUT2D eigenvalue weighted by atomic mass is 16.5. The van der Waals surface area contributed by atoms with Crippen LogP contribution >= 0.6 is 0 Å². The molecule has 0 unspecified atom stereocenters. The molecule has 8 heteroatoms. The fraction of sp³-hybridized carbons (Fsp3) is 0.105. The number of H-pyrrole nitrogens is 1. The molecule has 2 aromatic carbocycles. The van der Waals surface area contributed by atoms with Gasteiger partial charge in [-0.2, -0.15) is 5.26 Å². The summed E-state index contributed by atoms with van der Waals surface area (Å²) in [5.74, 6) is 0.478. The molecule has 3 rings (SSSR count). The van der Waals surface area contributed by atoms with Crippen molar-refractivity contribution in [3.63, 3.8) is 0 Å². The summed E-state index contributed by atoms with van der Waals surface area (Å²) in [6.07, 6.45) is 2.95. The maximum atomic E-state index is 12.4. The summed E-state index contributed by atoms with van der Waals surface area (Å²) < 4.78 is 10.4. The van der Waals surface area contributed by atoms with Crippen molar-refractivity contribution in [2.75, 3.05) is 24.9 Å². The van der Waals surface area contributed by atoms with Crippen LogP contribution < -0.4 is 20.1 Å². The molecule has 0 saturated carbocycles. The number of anilines is 2. The van der Waals surface area contributed by atoms with Crippen molar-refractivity contribution < 1.29 is 14.3 Å². The minimum absolute atomic E-state index is 0.0745. The van der Waals surface area contributed by atoms with Crippen LogP contribution in [0.3, 0.4) is 0 Å². The number of imidazole rings is 1. The summed E-state index contributed by atoms with van der Waals surface area (Å²) in [6, 6.07) is 12.3. The fourth-order valence-corrected chi connectivity index (χ4v) is 2.44. The van der Waals surface area contributed by atoms with Gasteiger partial charge in [0.2, 0.25) is 0 Å². The molecule has 3 N–H and O–H groups in total. The average Bonchev–Trinajstić information content (AvgIpc) is 3.16. The smallest absolute Gasteiger partial charge is 0.267 e. The number of benzene rings is 2. The summed E-state index contributed by atoms with van der Waals surface area (Å²) in [5, 5.41) is 14.9. The van der Waals surface area contributed by atoms with Gasteiger partial charge in [0.25, 0.3) is 5.91 Å². The second-order valence-electron chi connectivity index (χ2n) is 5.47. The Morgan fingerprint density at radius 1 is 1.15 bits per heavy atom. The van der Waals surface area contributed by atoms with E-state index in [9.17, 15) is 10.1 Å². The molecule has 136 valence electrons. The highest BCUT2D eigenvalue weighted by molar-refractivity contribution is 6.06. The van der Waals surface area contributed by atoms with Crippen LogP contribution in [-0.4, -0.2) is 30.1 Å². The zero-order chi connectivity index (χ0) is 19.2. The van der Waals surface area contributed by atoms with Gasteiger partial charge in [0.05, 0.1) is 31.6 Å². The molecule has 0 aliphatic rings. The first-order valence-electron chi connectivity index (χ1n) is 7.98. The number of amides is 1. The Kier molecular flexibility index (Phi) is 5.23. The maximum Gasteiger partial charge on any atom is 0.267 e. The van der Waals surface area contributed by atoms with Crippen LogP contribution in [0.15, 0.2) is 54.5 Å². The van der Waals surface area contributed by atoms with Gasteiger partial charge < -0.3 is 25.1 Å². The number of fused-ring (bicyclic) bond motifs is 1. The highest BCUT2D eigenvalue weighted by Gasteiger charge is 2.11. The lowest BCUT2D eigenvalue weighted by Crippen LogP contribution is -2.14. The molecule has 0 aliphatic carbocycles. The predicted molar refractivity (Wildman–Crippen MR) is 102 cm³/mol. The number of aromatic nitrogens is 2. The van der Waals surface area contributed by atoms with Gasteiger partial charge in [0, 0.05) is 23.6 Å². The van der Waals surface area contributed by atoms with E-state index >= 15 is 0 Å². The third kappa shape index (κ3) is 3.99. The molecule has 0 fully saturated rings. The van der Waals surface area contributed by atoms with Crippen molar-refractivity contribution in [2.45, 2.75) is 0 Å². The molecule has 3 aromatic rings. The van der Waals surface area contributed by atoms with E-state index < -0.39 is 5.91 Å². The van der Waals surface area contributed by atoms with Gasteiger partial charge >= 0.3 is 0 Å². The van der Waals surface area contributed by atoms with E-state index in [1.807, 2.05) is 18.2 Å². The maximum absolute atomic E-state index is 12.4. The number of carbonyl (C=O) groups excluding carboxylic acids is 1. The first kappa shape index (κ1) is 17.8. The van der Waals surface area contributed by atoms with E-state index in [1.165, 1.54) is 20.4 Å². The lowest BCUT2D eigenvalue weighted by molar-refractivity contribution is -0.112. The summed E-state index contributed by atoms with van der Waals surface area (Å²) in [4.78, 5) is 19.5. The van der Waals surface area contributed by atoms with Crippen molar-refractivity contribution in [2.24, 2.45) is 0 Å². The normalized spacial score (nSPS) is 10.9. The minimum atomic E-state index is -0.542. The van der Waals surface area contributed by atoms with Crippen molar-refractivity contribution in [3.05, 3.63) is 54.5 Å². The zero-order valence-corrected chi connectivity index (χ0v) is 14.7. The topological polar surface area (TPSA) is 112 Å².